The minimum Gasteiger partial charge on any atom is -0.309 e. The highest BCUT2D eigenvalue weighted by Crippen LogP contribution is 2.47. The summed E-state index contributed by atoms with van der Waals surface area (Å²) in [5.41, 5.74) is 14.0. The van der Waals surface area contributed by atoms with Crippen molar-refractivity contribution in [1.82, 2.24) is 4.57 Å². The highest BCUT2D eigenvalue weighted by Gasteiger charge is 2.21. The van der Waals surface area contributed by atoms with Gasteiger partial charge in [0.2, 0.25) is 0 Å². The van der Waals surface area contributed by atoms with Crippen LogP contribution in [0.3, 0.4) is 0 Å². The van der Waals surface area contributed by atoms with Crippen molar-refractivity contribution in [2.45, 2.75) is 52.4 Å². The molecule has 0 spiro atoms. The van der Waals surface area contributed by atoms with E-state index >= 15 is 0 Å². The van der Waals surface area contributed by atoms with Crippen molar-refractivity contribution in [3.05, 3.63) is 175 Å². The van der Waals surface area contributed by atoms with Gasteiger partial charge in [-0.25, -0.2) is 0 Å². The Bertz CT molecular complexity index is 3020. The fourth-order valence-electron chi connectivity index (χ4n) is 8.94. The molecule has 55 heavy (non-hydrogen) atoms. The number of hydrogen-bond donors (Lipinski definition) is 0. The Kier molecular flexibility index (Phi) is 7.39. The Morgan fingerprint density at radius 1 is 0.345 bits per heavy atom. The first-order chi connectivity index (χ1) is 26.5. The second kappa shape index (κ2) is 12.2. The summed E-state index contributed by atoms with van der Waals surface area (Å²) in [4.78, 5) is 0. The standard InChI is InChI=1S/C54H45N/c1-53(2,3)38-24-18-34(19-25-38)41-28-22-36-23-29-45-47(35-20-26-39(27-21-35)54(4,5)6)33-48(46-31-30-44(41)51(36)52(45)46)37-12-11-13-40(32-37)55-49-16-9-7-14-42(49)43-15-8-10-17-50(43)55/h7-33H,1-6H3. The van der Waals surface area contributed by atoms with Crippen LogP contribution in [0.4, 0.5) is 0 Å². The third kappa shape index (κ3) is 5.36. The fourth-order valence-corrected chi connectivity index (χ4v) is 8.94. The Balaban J connectivity index is 1.25. The van der Waals surface area contributed by atoms with Gasteiger partial charge < -0.3 is 4.57 Å². The second-order valence-corrected chi connectivity index (χ2v) is 17.4. The number of rotatable bonds is 4. The summed E-state index contributed by atoms with van der Waals surface area (Å²) < 4.78 is 2.42. The largest absolute Gasteiger partial charge is 0.309 e. The number of para-hydroxylation sites is 2. The van der Waals surface area contributed by atoms with E-state index in [2.05, 4.69) is 210 Å². The lowest BCUT2D eigenvalue weighted by Crippen LogP contribution is -2.10. The molecule has 266 valence electrons. The van der Waals surface area contributed by atoms with Gasteiger partial charge in [-0.1, -0.05) is 175 Å². The Morgan fingerprint density at radius 3 is 1.42 bits per heavy atom. The van der Waals surface area contributed by atoms with E-state index in [1.807, 2.05) is 0 Å². The quantitative estimate of drug-likeness (QED) is 0.161. The molecular formula is C54H45N. The zero-order valence-electron chi connectivity index (χ0n) is 32.5. The van der Waals surface area contributed by atoms with Crippen molar-refractivity contribution in [2.24, 2.45) is 0 Å². The molecule has 0 unspecified atom stereocenters. The van der Waals surface area contributed by atoms with Gasteiger partial charge in [0.25, 0.3) is 0 Å². The Labute approximate surface area is 323 Å². The molecule has 0 atom stereocenters. The molecule has 10 rings (SSSR count). The lowest BCUT2D eigenvalue weighted by molar-refractivity contribution is 0.590. The summed E-state index contributed by atoms with van der Waals surface area (Å²) in [7, 11) is 0. The van der Waals surface area contributed by atoms with E-state index in [-0.39, 0.29) is 10.8 Å². The predicted octanol–water partition coefficient (Wildman–Crippen LogP) is 15.3. The van der Waals surface area contributed by atoms with Crippen LogP contribution in [0.5, 0.6) is 0 Å². The molecule has 1 aromatic heterocycles. The van der Waals surface area contributed by atoms with E-state index in [1.54, 1.807) is 0 Å². The summed E-state index contributed by atoms with van der Waals surface area (Å²) in [6.07, 6.45) is 0. The van der Waals surface area contributed by atoms with E-state index < -0.39 is 0 Å². The van der Waals surface area contributed by atoms with Crippen LogP contribution in [0.15, 0.2) is 164 Å². The van der Waals surface area contributed by atoms with Gasteiger partial charge >= 0.3 is 0 Å². The molecule has 0 amide bonds. The van der Waals surface area contributed by atoms with Crippen molar-refractivity contribution in [2.75, 3.05) is 0 Å². The van der Waals surface area contributed by atoms with Crippen LogP contribution in [0.25, 0.3) is 93.2 Å². The molecule has 0 N–H and O–H groups in total. The third-order valence-electron chi connectivity index (χ3n) is 11.9. The molecule has 1 heterocycles. The molecule has 10 aromatic rings. The van der Waals surface area contributed by atoms with E-state index in [4.69, 9.17) is 0 Å². The van der Waals surface area contributed by atoms with E-state index in [9.17, 15) is 0 Å². The Morgan fingerprint density at radius 2 is 0.836 bits per heavy atom. The molecule has 0 radical (unpaired) electrons. The molecule has 0 aliphatic rings. The summed E-state index contributed by atoms with van der Waals surface area (Å²) in [5.74, 6) is 0. The van der Waals surface area contributed by atoms with Crippen LogP contribution in [-0.2, 0) is 10.8 Å². The van der Waals surface area contributed by atoms with Gasteiger partial charge in [0, 0.05) is 16.5 Å². The zero-order chi connectivity index (χ0) is 37.6. The van der Waals surface area contributed by atoms with Crippen molar-refractivity contribution in [1.29, 1.82) is 0 Å². The molecule has 0 aliphatic heterocycles. The normalized spacial score (nSPS) is 12.5. The summed E-state index contributed by atoms with van der Waals surface area (Å²) >= 11 is 0. The highest BCUT2D eigenvalue weighted by atomic mass is 15.0. The second-order valence-electron chi connectivity index (χ2n) is 17.4. The van der Waals surface area contributed by atoms with Crippen molar-refractivity contribution < 1.29 is 0 Å². The van der Waals surface area contributed by atoms with Crippen LogP contribution >= 0.6 is 0 Å². The van der Waals surface area contributed by atoms with Crippen LogP contribution < -0.4 is 0 Å². The molecule has 1 heteroatoms. The third-order valence-corrected chi connectivity index (χ3v) is 11.9. The number of nitrogens with zero attached hydrogens (tertiary/aromatic N) is 1. The minimum absolute atomic E-state index is 0.0844. The van der Waals surface area contributed by atoms with Crippen LogP contribution in [0, 0.1) is 0 Å². The smallest absolute Gasteiger partial charge is 0.0541 e. The minimum atomic E-state index is 0.0844. The van der Waals surface area contributed by atoms with E-state index in [0.29, 0.717) is 0 Å². The lowest BCUT2D eigenvalue weighted by atomic mass is 9.82. The van der Waals surface area contributed by atoms with Gasteiger partial charge in [-0.2, -0.15) is 0 Å². The van der Waals surface area contributed by atoms with Crippen molar-refractivity contribution >= 4 is 54.1 Å². The van der Waals surface area contributed by atoms with Gasteiger partial charge in [-0.05, 0) is 118 Å². The number of hydrogen-bond acceptors (Lipinski definition) is 0. The molecule has 1 nitrogen and oxygen atoms in total. The first-order valence-corrected chi connectivity index (χ1v) is 19.6. The average Bonchev–Trinajstić information content (AvgIpc) is 3.53. The number of fused-ring (bicyclic) bond motifs is 3. The van der Waals surface area contributed by atoms with Crippen LogP contribution in [0.1, 0.15) is 52.7 Å². The van der Waals surface area contributed by atoms with Gasteiger partial charge in [0.05, 0.1) is 11.0 Å². The molecule has 0 fully saturated rings. The number of benzene rings is 9. The van der Waals surface area contributed by atoms with Crippen molar-refractivity contribution in [3.8, 4) is 39.1 Å². The molecule has 0 aliphatic carbocycles. The predicted molar refractivity (Wildman–Crippen MR) is 238 cm³/mol. The SMILES string of the molecule is CC(C)(C)c1ccc(-c2ccc3ccc4c(-c5ccc(C(C)(C)C)cc5)cc(-c5cccc(-n6c7ccccc7c7ccccc76)c5)c5ccc2c3c45)cc1. The summed E-state index contributed by atoms with van der Waals surface area (Å²) in [6, 6.07) is 61.7. The first-order valence-electron chi connectivity index (χ1n) is 19.6. The van der Waals surface area contributed by atoms with Gasteiger partial charge in [-0.15, -0.1) is 0 Å². The summed E-state index contributed by atoms with van der Waals surface area (Å²) in [5, 5.41) is 10.4. The maximum atomic E-state index is 2.45. The van der Waals surface area contributed by atoms with Gasteiger partial charge in [-0.3, -0.25) is 0 Å². The highest BCUT2D eigenvalue weighted by molar-refractivity contribution is 6.30. The summed E-state index contributed by atoms with van der Waals surface area (Å²) in [6.45, 7) is 13.7. The van der Waals surface area contributed by atoms with E-state index in [1.165, 1.54) is 98.6 Å². The molecule has 9 aromatic carbocycles. The van der Waals surface area contributed by atoms with Crippen LogP contribution in [-0.4, -0.2) is 4.57 Å². The van der Waals surface area contributed by atoms with Crippen LogP contribution in [0.2, 0.25) is 0 Å². The number of aromatic nitrogens is 1. The average molecular weight is 708 g/mol. The monoisotopic (exact) mass is 707 g/mol. The zero-order valence-corrected chi connectivity index (χ0v) is 32.5. The molecule has 0 saturated carbocycles. The molecule has 0 bridgehead atoms. The Hall–Kier alpha value is -6.18. The maximum absolute atomic E-state index is 2.45. The maximum Gasteiger partial charge on any atom is 0.0541 e. The lowest BCUT2D eigenvalue weighted by Gasteiger charge is -2.22. The first kappa shape index (κ1) is 33.4. The topological polar surface area (TPSA) is 4.93 Å². The van der Waals surface area contributed by atoms with Crippen molar-refractivity contribution in [3.63, 3.8) is 0 Å². The van der Waals surface area contributed by atoms with Gasteiger partial charge in [0.1, 0.15) is 0 Å². The molecular weight excluding hydrogens is 663 g/mol. The van der Waals surface area contributed by atoms with E-state index in [0.717, 1.165) is 5.69 Å². The van der Waals surface area contributed by atoms with Gasteiger partial charge in [0.15, 0.2) is 0 Å². The molecule has 0 saturated heterocycles. The fraction of sp³-hybridized carbons (Fsp3) is 0.148.